The van der Waals surface area contributed by atoms with Crippen LogP contribution in [0, 0.1) is 0 Å². The van der Waals surface area contributed by atoms with Gasteiger partial charge in [-0.15, -0.1) is 0 Å². The molecule has 23 heavy (non-hydrogen) atoms. The van der Waals surface area contributed by atoms with Crippen molar-refractivity contribution in [2.45, 2.75) is 24.5 Å². The molecular formula is C10H16N6O6P+. The van der Waals surface area contributed by atoms with E-state index in [0.717, 1.165) is 0 Å². The molecule has 8 N–H and O–H groups in total. The molecule has 1 aliphatic heterocycles. The first kappa shape index (κ1) is 16.2. The Morgan fingerprint density at radius 2 is 2.17 bits per heavy atom. The van der Waals surface area contributed by atoms with Crippen LogP contribution in [0.1, 0.15) is 6.23 Å². The van der Waals surface area contributed by atoms with Crippen LogP contribution < -0.4 is 15.8 Å². The summed E-state index contributed by atoms with van der Waals surface area (Å²) in [5.41, 5.74) is 11.4. The van der Waals surface area contributed by atoms with E-state index in [0.29, 0.717) is 11.2 Å². The Hall–Kier alpha value is -1.66. The van der Waals surface area contributed by atoms with Gasteiger partial charge in [-0.2, -0.15) is 0 Å². The Morgan fingerprint density at radius 1 is 1.43 bits per heavy atom. The molecule has 12 nitrogen and oxygen atoms in total. The third kappa shape index (κ3) is 3.05. The van der Waals surface area contributed by atoms with Crippen LogP contribution in [-0.4, -0.2) is 55.0 Å². The predicted molar refractivity (Wildman–Crippen MR) is 74.4 cm³/mol. The predicted octanol–water partition coefficient (Wildman–Crippen LogP) is -2.48. The van der Waals surface area contributed by atoms with Gasteiger partial charge >= 0.3 is 7.75 Å². The fourth-order valence-corrected chi connectivity index (χ4v) is 2.74. The molecule has 2 aromatic rings. The summed E-state index contributed by atoms with van der Waals surface area (Å²) in [5, 5.41) is 20.2. The van der Waals surface area contributed by atoms with Crippen molar-refractivity contribution in [1.82, 2.24) is 15.0 Å². The highest BCUT2D eigenvalue weighted by Gasteiger charge is 2.47. The van der Waals surface area contributed by atoms with Gasteiger partial charge in [-0.1, -0.05) is 9.97 Å². The van der Waals surface area contributed by atoms with E-state index < -0.39 is 38.9 Å². The van der Waals surface area contributed by atoms with Gasteiger partial charge in [0.05, 0.1) is 6.61 Å². The van der Waals surface area contributed by atoms with Gasteiger partial charge in [-0.25, -0.2) is 14.6 Å². The van der Waals surface area contributed by atoms with Gasteiger partial charge in [-0.3, -0.25) is 4.52 Å². The highest BCUT2D eigenvalue weighted by molar-refractivity contribution is 7.50. The summed E-state index contributed by atoms with van der Waals surface area (Å²) in [5.74, 6) is 0.214. The van der Waals surface area contributed by atoms with Crippen molar-refractivity contribution < 1.29 is 33.5 Å². The molecule has 13 heteroatoms. The van der Waals surface area contributed by atoms with E-state index in [-0.39, 0.29) is 5.82 Å². The van der Waals surface area contributed by atoms with Gasteiger partial charge < -0.3 is 30.6 Å². The molecule has 3 rings (SSSR count). The summed E-state index contributed by atoms with van der Waals surface area (Å²) in [4.78, 5) is 19.8. The minimum absolute atomic E-state index is 0.214. The van der Waals surface area contributed by atoms with Crippen molar-refractivity contribution >= 4 is 24.7 Å². The number of nitrogens with two attached hydrogens (primary N) is 2. The SMILES string of the molecule is Nc1nc[n+]([C@@H]2O[C@H](COP(N)(=O)O)[C@H](O)[C@H]2O)c2nc[nH]c12. The van der Waals surface area contributed by atoms with E-state index in [2.05, 4.69) is 19.5 Å². The fourth-order valence-electron chi connectivity index (χ4n) is 2.38. The van der Waals surface area contributed by atoms with Gasteiger partial charge in [0.25, 0.3) is 5.65 Å². The number of nitrogens with zero attached hydrogens (tertiary/aromatic N) is 3. The molecule has 0 spiro atoms. The van der Waals surface area contributed by atoms with Crippen molar-refractivity contribution in [3.8, 4) is 0 Å². The van der Waals surface area contributed by atoms with Gasteiger partial charge in [-0.05, 0) is 0 Å². The molecule has 0 radical (unpaired) electrons. The molecule has 3 heterocycles. The summed E-state index contributed by atoms with van der Waals surface area (Å²) in [6, 6.07) is 0. The van der Waals surface area contributed by atoms with Crippen molar-refractivity contribution in [1.29, 1.82) is 0 Å². The number of H-pyrrole nitrogens is 1. The number of anilines is 1. The maximum Gasteiger partial charge on any atom is 0.400 e. The normalized spacial score (nSPS) is 30.6. The smallest absolute Gasteiger partial charge is 0.387 e. The first-order chi connectivity index (χ1) is 10.8. The zero-order valence-electron chi connectivity index (χ0n) is 11.7. The topological polar surface area (TPSA) is 194 Å². The molecule has 1 fully saturated rings. The second kappa shape index (κ2) is 5.76. The van der Waals surface area contributed by atoms with E-state index in [1.165, 1.54) is 17.2 Å². The summed E-state index contributed by atoms with van der Waals surface area (Å²) in [6.07, 6.45) is -2.08. The average molecular weight is 347 g/mol. The van der Waals surface area contributed by atoms with Crippen LogP contribution in [0.3, 0.4) is 0 Å². The minimum Gasteiger partial charge on any atom is -0.387 e. The lowest BCUT2D eigenvalue weighted by molar-refractivity contribution is -0.747. The van der Waals surface area contributed by atoms with Gasteiger partial charge in [0.15, 0.2) is 11.8 Å². The Balaban J connectivity index is 1.87. The molecule has 0 amide bonds. The fraction of sp³-hybridized carbons (Fsp3) is 0.500. The molecule has 0 aliphatic carbocycles. The van der Waals surface area contributed by atoms with Crippen molar-refractivity contribution in [3.63, 3.8) is 0 Å². The second-order valence-corrected chi connectivity index (χ2v) is 6.43. The van der Waals surface area contributed by atoms with E-state index in [9.17, 15) is 14.8 Å². The zero-order valence-corrected chi connectivity index (χ0v) is 12.6. The van der Waals surface area contributed by atoms with E-state index in [1.807, 2.05) is 0 Å². The summed E-state index contributed by atoms with van der Waals surface area (Å²) < 4.78 is 22.4. The number of nitrogen functional groups attached to an aromatic ring is 1. The van der Waals surface area contributed by atoms with Gasteiger partial charge in [0, 0.05) is 0 Å². The van der Waals surface area contributed by atoms with Crippen molar-refractivity contribution in [3.05, 3.63) is 12.7 Å². The summed E-state index contributed by atoms with van der Waals surface area (Å²) in [7, 11) is -4.22. The van der Waals surface area contributed by atoms with E-state index in [1.54, 1.807) is 0 Å². The molecule has 0 bridgehead atoms. The number of imidazole rings is 1. The van der Waals surface area contributed by atoms with Gasteiger partial charge in [0.2, 0.25) is 18.4 Å². The number of aromatic nitrogens is 4. The molecule has 1 aliphatic rings. The minimum atomic E-state index is -4.22. The third-order valence-electron chi connectivity index (χ3n) is 3.48. The van der Waals surface area contributed by atoms with Crippen LogP contribution in [0.5, 0.6) is 0 Å². The molecule has 1 unspecified atom stereocenters. The lowest BCUT2D eigenvalue weighted by Gasteiger charge is -2.14. The second-order valence-electron chi connectivity index (χ2n) is 5.04. The molecule has 0 saturated carbocycles. The number of ether oxygens (including phenoxy) is 1. The maximum atomic E-state index is 11.0. The molecule has 5 atom stereocenters. The van der Waals surface area contributed by atoms with Crippen LogP contribution in [0.15, 0.2) is 12.7 Å². The lowest BCUT2D eigenvalue weighted by atomic mass is 10.1. The van der Waals surface area contributed by atoms with Crippen LogP contribution in [0.4, 0.5) is 5.82 Å². The highest BCUT2D eigenvalue weighted by atomic mass is 31.2. The number of nitrogens with one attached hydrogen (secondary N) is 1. The monoisotopic (exact) mass is 347 g/mol. The van der Waals surface area contributed by atoms with Crippen LogP contribution in [-0.2, 0) is 13.8 Å². The Morgan fingerprint density at radius 3 is 2.87 bits per heavy atom. The molecular weight excluding hydrogens is 331 g/mol. The first-order valence-electron chi connectivity index (χ1n) is 6.54. The molecule has 0 aromatic carbocycles. The average Bonchev–Trinajstić information content (AvgIpc) is 3.06. The molecule has 126 valence electrons. The number of aliphatic hydroxyl groups excluding tert-OH is 2. The number of hydrogen-bond donors (Lipinski definition) is 6. The van der Waals surface area contributed by atoms with Crippen LogP contribution in [0.2, 0.25) is 0 Å². The van der Waals surface area contributed by atoms with Crippen molar-refractivity contribution in [2.24, 2.45) is 5.50 Å². The third-order valence-corrected chi connectivity index (χ3v) is 4.00. The Kier molecular flexibility index (Phi) is 4.06. The quantitative estimate of drug-likeness (QED) is 0.255. The Bertz CT molecular complexity index is 763. The largest absolute Gasteiger partial charge is 0.400 e. The number of hydrogen-bond acceptors (Lipinski definition) is 8. The standard InChI is InChI=1S/C10H15N6O6P/c11-8-5-9(14-2-13-5)16(3-15-8)10-7(18)6(17)4(22-10)1-21-23(12,19)20/h2-4,6-7,10,17-18H,1H2,(H5,11,12,13,14,19,20)/p+1/t4-,6+,7-,10-/m1/s1. The van der Waals surface area contributed by atoms with Gasteiger partial charge in [0.1, 0.15) is 18.3 Å². The number of fused-ring (bicyclic) bond motifs is 1. The van der Waals surface area contributed by atoms with Crippen LogP contribution >= 0.6 is 7.75 Å². The number of aliphatic hydroxyl groups is 2. The molecule has 1 saturated heterocycles. The van der Waals surface area contributed by atoms with E-state index >= 15 is 0 Å². The number of aromatic amines is 1. The first-order valence-corrected chi connectivity index (χ1v) is 8.19. The van der Waals surface area contributed by atoms with Crippen LogP contribution in [0.25, 0.3) is 11.2 Å². The number of rotatable bonds is 4. The summed E-state index contributed by atoms with van der Waals surface area (Å²) >= 11 is 0. The van der Waals surface area contributed by atoms with Crippen molar-refractivity contribution in [2.75, 3.05) is 12.3 Å². The van der Waals surface area contributed by atoms with E-state index in [4.69, 9.17) is 20.9 Å². The lowest BCUT2D eigenvalue weighted by Crippen LogP contribution is -2.47. The zero-order chi connectivity index (χ0) is 16.8. The molecule has 2 aromatic heterocycles. The highest BCUT2D eigenvalue weighted by Crippen LogP contribution is 2.34. The maximum absolute atomic E-state index is 11.0. The Labute approximate surface area is 129 Å². The summed E-state index contributed by atoms with van der Waals surface area (Å²) in [6.45, 7) is -0.467.